The Labute approximate surface area is 212 Å². The molecule has 1 aliphatic carbocycles. The predicted octanol–water partition coefficient (Wildman–Crippen LogP) is 3.45. The van der Waals surface area contributed by atoms with Crippen molar-refractivity contribution < 1.29 is 13.6 Å². The van der Waals surface area contributed by atoms with Gasteiger partial charge in [0.15, 0.2) is 5.82 Å². The van der Waals surface area contributed by atoms with Crippen molar-refractivity contribution in [2.75, 3.05) is 11.9 Å². The van der Waals surface area contributed by atoms with Gasteiger partial charge in [-0.05, 0) is 36.1 Å². The zero-order chi connectivity index (χ0) is 25.5. The lowest BCUT2D eigenvalue weighted by Crippen LogP contribution is -2.36. The zero-order valence-electron chi connectivity index (χ0n) is 19.5. The Kier molecular flexibility index (Phi) is 8.27. The predicted molar refractivity (Wildman–Crippen MR) is 133 cm³/mol. The third-order valence-electron chi connectivity index (χ3n) is 6.11. The van der Waals surface area contributed by atoms with Gasteiger partial charge in [-0.25, -0.2) is 4.98 Å². The lowest BCUT2D eigenvalue weighted by atomic mass is 9.93. The van der Waals surface area contributed by atoms with Crippen molar-refractivity contribution >= 4 is 23.3 Å². The van der Waals surface area contributed by atoms with Crippen LogP contribution in [0.1, 0.15) is 36.1 Å². The van der Waals surface area contributed by atoms with Crippen LogP contribution in [0, 0.1) is 0 Å². The standard InChI is InChI=1S/C25H27ClF2N6O2/c26-21-14-32-23(33-16-25(27,28)20-10-3-4-11-29-20)24(36)34(21)15-22(35)31-13-18-7-2-1-6-17(18)12-30-19-8-5-9-19/h1-4,6-7,10-11,14,19,30H,5,8-9,12-13,15-16H2,(H,31,35)(H,32,33). The Hall–Kier alpha value is -3.37. The van der Waals surface area contributed by atoms with Gasteiger partial charge < -0.3 is 16.0 Å². The van der Waals surface area contributed by atoms with Crippen LogP contribution in [0.4, 0.5) is 14.6 Å². The van der Waals surface area contributed by atoms with Gasteiger partial charge in [0.2, 0.25) is 5.91 Å². The molecule has 1 saturated carbocycles. The van der Waals surface area contributed by atoms with E-state index in [0.717, 1.165) is 21.9 Å². The van der Waals surface area contributed by atoms with Gasteiger partial charge in [-0.15, -0.1) is 0 Å². The summed E-state index contributed by atoms with van der Waals surface area (Å²) < 4.78 is 29.8. The van der Waals surface area contributed by atoms with Crippen molar-refractivity contribution in [1.82, 2.24) is 25.2 Å². The van der Waals surface area contributed by atoms with Crippen LogP contribution in [0.2, 0.25) is 5.15 Å². The third-order valence-corrected chi connectivity index (χ3v) is 6.41. The quantitative estimate of drug-likeness (QED) is 0.361. The van der Waals surface area contributed by atoms with E-state index in [0.29, 0.717) is 12.6 Å². The van der Waals surface area contributed by atoms with Gasteiger partial charge in [0, 0.05) is 25.3 Å². The van der Waals surface area contributed by atoms with Crippen molar-refractivity contribution in [2.45, 2.75) is 50.9 Å². The summed E-state index contributed by atoms with van der Waals surface area (Å²) in [6, 6.07) is 12.5. The lowest BCUT2D eigenvalue weighted by Gasteiger charge is -2.27. The van der Waals surface area contributed by atoms with Crippen LogP contribution in [0.25, 0.3) is 0 Å². The van der Waals surface area contributed by atoms with E-state index in [1.807, 2.05) is 24.3 Å². The maximum Gasteiger partial charge on any atom is 0.306 e. The fourth-order valence-corrected chi connectivity index (χ4v) is 3.95. The van der Waals surface area contributed by atoms with Crippen molar-refractivity contribution in [2.24, 2.45) is 0 Å². The van der Waals surface area contributed by atoms with Crippen LogP contribution in [-0.4, -0.2) is 33.0 Å². The SMILES string of the molecule is O=C(Cn1c(Cl)cnc(NCC(F)(F)c2ccccn2)c1=O)NCc1ccccc1CNC1CCC1. The minimum atomic E-state index is -3.34. The van der Waals surface area contributed by atoms with Crippen LogP contribution < -0.4 is 21.5 Å². The summed E-state index contributed by atoms with van der Waals surface area (Å²) in [6.07, 6.45) is 6.00. The van der Waals surface area contributed by atoms with E-state index in [2.05, 4.69) is 25.9 Å². The molecule has 1 fully saturated rings. The lowest BCUT2D eigenvalue weighted by molar-refractivity contribution is -0.121. The second-order valence-corrected chi connectivity index (χ2v) is 9.04. The average Bonchev–Trinajstić information content (AvgIpc) is 2.85. The number of hydrogen-bond acceptors (Lipinski definition) is 6. The first-order chi connectivity index (χ1) is 17.3. The van der Waals surface area contributed by atoms with E-state index in [-0.39, 0.29) is 24.1 Å². The molecule has 11 heteroatoms. The first kappa shape index (κ1) is 25.7. The molecule has 8 nitrogen and oxygen atoms in total. The average molecular weight is 517 g/mol. The van der Waals surface area contributed by atoms with E-state index in [4.69, 9.17) is 11.6 Å². The van der Waals surface area contributed by atoms with Crippen LogP contribution in [0.5, 0.6) is 0 Å². The monoisotopic (exact) mass is 516 g/mol. The molecule has 0 spiro atoms. The van der Waals surface area contributed by atoms with E-state index < -0.39 is 29.6 Å². The summed E-state index contributed by atoms with van der Waals surface area (Å²) in [5.74, 6) is -4.12. The summed E-state index contributed by atoms with van der Waals surface area (Å²) in [7, 11) is 0. The molecule has 1 aromatic carbocycles. The molecular formula is C25H27ClF2N6O2. The first-order valence-electron chi connectivity index (χ1n) is 11.7. The number of nitrogens with zero attached hydrogens (tertiary/aromatic N) is 3. The van der Waals surface area contributed by atoms with E-state index in [1.54, 1.807) is 0 Å². The Balaban J connectivity index is 1.37. The maximum absolute atomic E-state index is 14.4. The number of anilines is 1. The number of hydrogen-bond donors (Lipinski definition) is 3. The molecule has 0 atom stereocenters. The number of rotatable bonds is 11. The van der Waals surface area contributed by atoms with Gasteiger partial charge in [0.25, 0.3) is 5.56 Å². The zero-order valence-corrected chi connectivity index (χ0v) is 20.3. The highest BCUT2D eigenvalue weighted by molar-refractivity contribution is 6.29. The van der Waals surface area contributed by atoms with Gasteiger partial charge in [0.05, 0.1) is 12.7 Å². The van der Waals surface area contributed by atoms with Gasteiger partial charge in [0.1, 0.15) is 17.4 Å². The highest BCUT2D eigenvalue weighted by Gasteiger charge is 2.33. The third kappa shape index (κ3) is 6.44. The summed E-state index contributed by atoms with van der Waals surface area (Å²) >= 11 is 6.09. The summed E-state index contributed by atoms with van der Waals surface area (Å²) in [5.41, 5.74) is 0.836. The number of nitrogens with one attached hydrogen (secondary N) is 3. The van der Waals surface area contributed by atoms with E-state index in [1.165, 1.54) is 43.7 Å². The van der Waals surface area contributed by atoms with Gasteiger partial charge in [-0.1, -0.05) is 48.4 Å². The number of benzene rings is 1. The minimum Gasteiger partial charge on any atom is -0.359 e. The number of halogens is 3. The van der Waals surface area contributed by atoms with Crippen LogP contribution >= 0.6 is 11.6 Å². The molecule has 4 rings (SSSR count). The van der Waals surface area contributed by atoms with Gasteiger partial charge >= 0.3 is 5.92 Å². The number of carbonyl (C=O) groups excluding carboxylic acids is 1. The van der Waals surface area contributed by atoms with Crippen molar-refractivity contribution in [1.29, 1.82) is 0 Å². The van der Waals surface area contributed by atoms with Gasteiger partial charge in [-0.2, -0.15) is 8.78 Å². The number of amides is 1. The van der Waals surface area contributed by atoms with Crippen molar-refractivity contribution in [3.8, 4) is 0 Å². The molecule has 1 amide bonds. The van der Waals surface area contributed by atoms with Gasteiger partial charge in [-0.3, -0.25) is 19.1 Å². The highest BCUT2D eigenvalue weighted by Crippen LogP contribution is 2.25. The Morgan fingerprint density at radius 1 is 1.08 bits per heavy atom. The second kappa shape index (κ2) is 11.6. The molecule has 0 radical (unpaired) electrons. The van der Waals surface area contributed by atoms with E-state index >= 15 is 0 Å². The Morgan fingerprint density at radius 3 is 2.47 bits per heavy atom. The first-order valence-corrected chi connectivity index (χ1v) is 12.1. The molecule has 3 aromatic rings. The molecule has 3 N–H and O–H groups in total. The topological polar surface area (TPSA) is 101 Å². The molecule has 36 heavy (non-hydrogen) atoms. The summed E-state index contributed by atoms with van der Waals surface area (Å²) in [5, 5.41) is 8.59. The summed E-state index contributed by atoms with van der Waals surface area (Å²) in [6.45, 7) is -0.287. The molecule has 0 aliphatic heterocycles. The molecule has 0 unspecified atom stereocenters. The number of carbonyl (C=O) groups is 1. The molecule has 190 valence electrons. The smallest absolute Gasteiger partial charge is 0.306 e. The Morgan fingerprint density at radius 2 is 1.81 bits per heavy atom. The van der Waals surface area contributed by atoms with Crippen LogP contribution in [0.3, 0.4) is 0 Å². The summed E-state index contributed by atoms with van der Waals surface area (Å²) in [4.78, 5) is 32.9. The molecule has 0 bridgehead atoms. The molecular weight excluding hydrogens is 490 g/mol. The van der Waals surface area contributed by atoms with Crippen LogP contribution in [-0.2, 0) is 30.4 Å². The second-order valence-electron chi connectivity index (χ2n) is 8.65. The fourth-order valence-electron chi connectivity index (χ4n) is 3.76. The number of aromatic nitrogens is 3. The molecule has 1 aliphatic rings. The molecule has 0 saturated heterocycles. The number of pyridine rings is 1. The maximum atomic E-state index is 14.4. The normalized spacial score (nSPS) is 13.8. The highest BCUT2D eigenvalue weighted by atomic mass is 35.5. The molecule has 2 heterocycles. The van der Waals surface area contributed by atoms with E-state index in [9.17, 15) is 18.4 Å². The minimum absolute atomic E-state index is 0.0812. The number of alkyl halides is 2. The van der Waals surface area contributed by atoms with Crippen molar-refractivity contribution in [3.05, 3.63) is 87.2 Å². The van der Waals surface area contributed by atoms with Crippen molar-refractivity contribution in [3.63, 3.8) is 0 Å². The van der Waals surface area contributed by atoms with Crippen LogP contribution in [0.15, 0.2) is 59.7 Å². The fraction of sp³-hybridized carbons (Fsp3) is 0.360. The largest absolute Gasteiger partial charge is 0.359 e. The Bertz CT molecular complexity index is 1250. The molecule has 2 aromatic heterocycles.